The van der Waals surface area contributed by atoms with Gasteiger partial charge in [0.25, 0.3) is 0 Å². The summed E-state index contributed by atoms with van der Waals surface area (Å²) in [6.07, 6.45) is 0. The van der Waals surface area contributed by atoms with Crippen molar-refractivity contribution in [2.24, 2.45) is 0 Å². The summed E-state index contributed by atoms with van der Waals surface area (Å²) >= 11 is 4.87. The molecule has 0 aliphatic rings. The van der Waals surface area contributed by atoms with Crippen LogP contribution in [0.3, 0.4) is 0 Å². The van der Waals surface area contributed by atoms with Crippen molar-refractivity contribution < 1.29 is 8.42 Å². The Morgan fingerprint density at radius 3 is 2.15 bits per heavy atom. The van der Waals surface area contributed by atoms with Crippen LogP contribution in [-0.4, -0.2) is 8.42 Å². The van der Waals surface area contributed by atoms with Crippen molar-refractivity contribution in [1.29, 1.82) is 0 Å². The topological polar surface area (TPSA) is 34.1 Å². The molecule has 1 aromatic heterocycles. The maximum atomic E-state index is 12.4. The first kappa shape index (κ1) is 15.7. The maximum Gasteiger partial charge on any atom is 0.158 e. The fraction of sp³-hybridized carbons (Fsp3) is 0.333. The van der Waals surface area contributed by atoms with Gasteiger partial charge in [-0.1, -0.05) is 17.7 Å². The van der Waals surface area contributed by atoms with Crippen LogP contribution < -0.4 is 0 Å². The van der Waals surface area contributed by atoms with Crippen LogP contribution in [0.4, 0.5) is 0 Å². The van der Waals surface area contributed by atoms with Crippen LogP contribution in [0.25, 0.3) is 0 Å². The van der Waals surface area contributed by atoms with Gasteiger partial charge in [-0.3, -0.25) is 0 Å². The molecular weight excluding hydrogens is 356 g/mol. The summed E-state index contributed by atoms with van der Waals surface area (Å²) in [6.45, 7) is 5.99. The Hall–Kier alpha value is -0.650. The van der Waals surface area contributed by atoms with E-state index < -0.39 is 9.84 Å². The Labute approximate surface area is 132 Å². The molecule has 1 heterocycles. The van der Waals surface area contributed by atoms with Crippen molar-refractivity contribution in [2.45, 2.75) is 32.3 Å². The second kappa shape index (κ2) is 6.00. The molecule has 0 aliphatic heterocycles. The highest BCUT2D eigenvalue weighted by molar-refractivity contribution is 9.11. The number of thiophene rings is 1. The van der Waals surface area contributed by atoms with E-state index in [2.05, 4.69) is 15.9 Å². The van der Waals surface area contributed by atoms with Crippen LogP contribution in [-0.2, 0) is 21.3 Å². The first-order valence-corrected chi connectivity index (χ1v) is 9.76. The predicted octanol–water partition coefficient (Wildman–Crippen LogP) is 4.55. The fourth-order valence-corrected chi connectivity index (χ4v) is 5.37. The zero-order valence-corrected chi connectivity index (χ0v) is 15.0. The minimum Gasteiger partial charge on any atom is -0.228 e. The number of aryl methyl sites for hydroxylation is 3. The molecule has 0 atom stereocenters. The van der Waals surface area contributed by atoms with Gasteiger partial charge in [0.2, 0.25) is 0 Å². The molecule has 0 amide bonds. The third-order valence-electron chi connectivity index (χ3n) is 3.21. The average molecular weight is 373 g/mol. The minimum absolute atomic E-state index is 0.0991. The average Bonchev–Trinajstić information content (AvgIpc) is 2.68. The van der Waals surface area contributed by atoms with Crippen LogP contribution in [0, 0.1) is 20.8 Å². The van der Waals surface area contributed by atoms with Gasteiger partial charge in [-0.05, 0) is 70.4 Å². The van der Waals surface area contributed by atoms with Gasteiger partial charge in [0.05, 0.1) is 15.3 Å². The Kier molecular flexibility index (Phi) is 4.72. The van der Waals surface area contributed by atoms with Gasteiger partial charge in [0.1, 0.15) is 0 Å². The van der Waals surface area contributed by atoms with E-state index >= 15 is 0 Å². The molecule has 0 aliphatic carbocycles. The Morgan fingerprint density at radius 2 is 1.65 bits per heavy atom. The van der Waals surface area contributed by atoms with Crippen molar-refractivity contribution in [3.8, 4) is 0 Å². The van der Waals surface area contributed by atoms with Crippen LogP contribution >= 0.6 is 27.3 Å². The van der Waals surface area contributed by atoms with Gasteiger partial charge in [0, 0.05) is 0 Å². The van der Waals surface area contributed by atoms with Crippen LogP contribution in [0.15, 0.2) is 27.4 Å². The van der Waals surface area contributed by atoms with Crippen LogP contribution in [0.1, 0.15) is 27.8 Å². The molecule has 2 nitrogen and oxygen atoms in total. The monoisotopic (exact) mass is 372 g/mol. The number of hydrogen-bond donors (Lipinski definition) is 0. The summed E-state index contributed by atoms with van der Waals surface area (Å²) in [5.74, 6) is 0.209. The lowest BCUT2D eigenvalue weighted by atomic mass is 10.0. The highest BCUT2D eigenvalue weighted by Crippen LogP contribution is 2.25. The van der Waals surface area contributed by atoms with Gasteiger partial charge < -0.3 is 0 Å². The van der Waals surface area contributed by atoms with Gasteiger partial charge in [-0.15, -0.1) is 11.3 Å². The van der Waals surface area contributed by atoms with Gasteiger partial charge in [-0.25, -0.2) is 8.42 Å². The summed E-state index contributed by atoms with van der Waals surface area (Å²) in [4.78, 5) is 0. The lowest BCUT2D eigenvalue weighted by molar-refractivity contribution is 0.594. The highest BCUT2D eigenvalue weighted by atomic mass is 79.9. The third-order valence-corrected chi connectivity index (χ3v) is 6.27. The zero-order valence-electron chi connectivity index (χ0n) is 11.7. The summed E-state index contributed by atoms with van der Waals surface area (Å²) in [5.41, 5.74) is 5.06. The molecule has 1 aromatic carbocycles. The van der Waals surface area contributed by atoms with Crippen LogP contribution in [0.2, 0.25) is 0 Å². The van der Waals surface area contributed by atoms with Crippen molar-refractivity contribution in [3.63, 3.8) is 0 Å². The Balaban J connectivity index is 2.25. The van der Waals surface area contributed by atoms with E-state index in [0.717, 1.165) is 26.0 Å². The van der Waals surface area contributed by atoms with Crippen LogP contribution in [0.5, 0.6) is 0 Å². The number of rotatable bonds is 4. The molecule has 5 heteroatoms. The predicted molar refractivity (Wildman–Crippen MR) is 89.0 cm³/mol. The molecule has 0 saturated heterocycles. The third kappa shape index (κ3) is 3.93. The van der Waals surface area contributed by atoms with E-state index in [-0.39, 0.29) is 11.5 Å². The molecule has 0 unspecified atom stereocenters. The minimum atomic E-state index is -3.15. The zero-order chi connectivity index (χ0) is 14.9. The number of benzene rings is 1. The van der Waals surface area contributed by atoms with Gasteiger partial charge >= 0.3 is 0 Å². The molecule has 0 radical (unpaired) electrons. The van der Waals surface area contributed by atoms with Gasteiger partial charge in [-0.2, -0.15) is 0 Å². The van der Waals surface area contributed by atoms with Gasteiger partial charge in [0.15, 0.2) is 9.84 Å². The molecule has 2 aromatic rings. The van der Waals surface area contributed by atoms with E-state index in [9.17, 15) is 8.42 Å². The summed E-state index contributed by atoms with van der Waals surface area (Å²) in [7, 11) is -3.15. The summed E-state index contributed by atoms with van der Waals surface area (Å²) < 4.78 is 25.7. The van der Waals surface area contributed by atoms with E-state index in [1.54, 1.807) is 0 Å². The van der Waals surface area contributed by atoms with Crippen molar-refractivity contribution in [2.75, 3.05) is 0 Å². The summed E-state index contributed by atoms with van der Waals surface area (Å²) in [5, 5.41) is 1.89. The Bertz CT molecular complexity index is 707. The van der Waals surface area contributed by atoms with E-state index in [1.165, 1.54) is 16.9 Å². The standard InChI is InChI=1S/C15H17BrO2S2/c1-10-4-11(2)14(12(3)5-10)9-20(17,18)8-13-6-15(16)19-7-13/h4-7H,8-9H2,1-3H3. The lowest BCUT2D eigenvalue weighted by Crippen LogP contribution is -2.09. The molecule has 0 saturated carbocycles. The molecule has 0 spiro atoms. The van der Waals surface area contributed by atoms with Crippen molar-refractivity contribution >= 4 is 37.1 Å². The second-order valence-electron chi connectivity index (χ2n) is 5.17. The number of sulfone groups is 1. The molecule has 2 rings (SSSR count). The molecule has 0 N–H and O–H groups in total. The highest BCUT2D eigenvalue weighted by Gasteiger charge is 2.17. The van der Waals surface area contributed by atoms with E-state index in [0.29, 0.717) is 0 Å². The first-order valence-electron chi connectivity index (χ1n) is 6.27. The molecule has 108 valence electrons. The van der Waals surface area contributed by atoms with Crippen molar-refractivity contribution in [1.82, 2.24) is 0 Å². The fourth-order valence-electron chi connectivity index (χ4n) is 2.38. The normalized spacial score (nSPS) is 11.8. The second-order valence-corrected chi connectivity index (χ2v) is 9.52. The SMILES string of the molecule is Cc1cc(C)c(CS(=O)(=O)Cc2csc(Br)c2)c(C)c1. The van der Waals surface area contributed by atoms with E-state index in [1.807, 2.05) is 44.4 Å². The quantitative estimate of drug-likeness (QED) is 0.788. The van der Waals surface area contributed by atoms with Crippen molar-refractivity contribution in [3.05, 3.63) is 55.2 Å². The largest absolute Gasteiger partial charge is 0.228 e. The molecule has 20 heavy (non-hydrogen) atoms. The number of halogens is 1. The smallest absolute Gasteiger partial charge is 0.158 e. The lowest BCUT2D eigenvalue weighted by Gasteiger charge is -2.11. The maximum absolute atomic E-state index is 12.4. The number of hydrogen-bond acceptors (Lipinski definition) is 3. The first-order chi connectivity index (χ1) is 9.27. The molecular formula is C15H17BrO2S2. The van der Waals surface area contributed by atoms with E-state index in [4.69, 9.17) is 0 Å². The summed E-state index contributed by atoms with van der Waals surface area (Å²) in [6, 6.07) is 5.95. The Morgan fingerprint density at radius 1 is 1.05 bits per heavy atom. The molecule has 0 bridgehead atoms. The molecule has 0 fully saturated rings.